The number of halogens is 3. The van der Waals surface area contributed by atoms with Gasteiger partial charge in [-0.2, -0.15) is 13.9 Å². The maximum absolute atomic E-state index is 13.9. The SMILES string of the molecule is C[C@@H]1CCC[C@@H](c2ccc(-c3cc(Cl)ccc3-n3ccnn3)oc2=O)c2cc(ccn2)-c2c(cnn2C(F)F)NC1=O. The van der Waals surface area contributed by atoms with Gasteiger partial charge < -0.3 is 9.73 Å². The van der Waals surface area contributed by atoms with Crippen molar-refractivity contribution in [3.63, 3.8) is 0 Å². The van der Waals surface area contributed by atoms with Crippen LogP contribution in [0.5, 0.6) is 0 Å². The van der Waals surface area contributed by atoms with Crippen LogP contribution in [0.2, 0.25) is 5.02 Å². The zero-order valence-electron chi connectivity index (χ0n) is 22.2. The number of pyridine rings is 1. The summed E-state index contributed by atoms with van der Waals surface area (Å²) in [5.41, 5.74) is 2.05. The lowest BCUT2D eigenvalue weighted by Gasteiger charge is -2.20. The van der Waals surface area contributed by atoms with Crippen molar-refractivity contribution in [2.24, 2.45) is 5.92 Å². The summed E-state index contributed by atoms with van der Waals surface area (Å²) in [5.74, 6) is -0.950. The molecule has 10 nitrogen and oxygen atoms in total. The standard InChI is InChI=1S/C29H24ClF2N7O3/c1-16-3-2-4-19(22-13-17(9-10-33-22)26-23(36-27(16)40)15-35-39(26)29(31)32)20-6-8-25(42-28(20)41)21-14-18(30)5-7-24(21)38-12-11-34-37-38/h5-16,19,29H,2-4H2,1H3,(H,36,40)/t16-,19+/m1/s1. The summed E-state index contributed by atoms with van der Waals surface area (Å²) < 4.78 is 35.7. The van der Waals surface area contributed by atoms with Gasteiger partial charge in [0.25, 0.3) is 0 Å². The van der Waals surface area contributed by atoms with Gasteiger partial charge in [-0.25, -0.2) is 14.2 Å². The first-order valence-corrected chi connectivity index (χ1v) is 13.6. The van der Waals surface area contributed by atoms with E-state index in [0.29, 0.717) is 57.0 Å². The Hall–Kier alpha value is -4.71. The fourth-order valence-corrected chi connectivity index (χ4v) is 5.40. The number of aromatic nitrogens is 6. The van der Waals surface area contributed by atoms with Crippen molar-refractivity contribution in [3.05, 3.63) is 94.0 Å². The summed E-state index contributed by atoms with van der Waals surface area (Å²) in [6.07, 6.45) is 7.48. The van der Waals surface area contributed by atoms with E-state index in [2.05, 4.69) is 25.7 Å². The molecule has 2 bridgehead atoms. The maximum atomic E-state index is 13.9. The number of rotatable bonds is 4. The largest absolute Gasteiger partial charge is 0.422 e. The van der Waals surface area contributed by atoms with Gasteiger partial charge in [0.1, 0.15) is 5.76 Å². The molecule has 5 heterocycles. The molecule has 1 N–H and O–H groups in total. The van der Waals surface area contributed by atoms with E-state index in [9.17, 15) is 18.4 Å². The first-order valence-electron chi connectivity index (χ1n) is 13.2. The highest BCUT2D eigenvalue weighted by Crippen LogP contribution is 2.37. The third-order valence-electron chi connectivity index (χ3n) is 7.35. The number of nitrogens with one attached hydrogen (secondary N) is 1. The number of amides is 1. The number of carbonyl (C=O) groups is 1. The van der Waals surface area contributed by atoms with Crippen LogP contribution in [0.3, 0.4) is 0 Å². The minimum absolute atomic E-state index is 0.0532. The van der Waals surface area contributed by atoms with Crippen LogP contribution in [0.25, 0.3) is 28.3 Å². The molecule has 4 aromatic heterocycles. The van der Waals surface area contributed by atoms with Crippen molar-refractivity contribution in [1.29, 1.82) is 0 Å². The Balaban J connectivity index is 1.45. The Morgan fingerprint density at radius 1 is 1.10 bits per heavy atom. The molecule has 1 amide bonds. The van der Waals surface area contributed by atoms with Crippen LogP contribution in [-0.4, -0.2) is 35.7 Å². The summed E-state index contributed by atoms with van der Waals surface area (Å²) in [7, 11) is 0. The van der Waals surface area contributed by atoms with Crippen LogP contribution in [0.4, 0.5) is 14.5 Å². The molecular formula is C29H24ClF2N7O3. The van der Waals surface area contributed by atoms with Gasteiger partial charge in [-0.1, -0.05) is 30.2 Å². The first kappa shape index (κ1) is 27.5. The fraction of sp³-hybridized carbons (Fsp3) is 0.241. The average Bonchev–Trinajstić information content (AvgIpc) is 3.66. The molecule has 0 fully saturated rings. The van der Waals surface area contributed by atoms with Crippen LogP contribution >= 0.6 is 11.6 Å². The molecular weight excluding hydrogens is 568 g/mol. The van der Waals surface area contributed by atoms with Crippen molar-refractivity contribution in [2.75, 3.05) is 5.32 Å². The van der Waals surface area contributed by atoms with E-state index in [0.717, 1.165) is 0 Å². The number of nitrogens with zero attached hydrogens (tertiary/aromatic N) is 6. The van der Waals surface area contributed by atoms with Gasteiger partial charge in [-0.3, -0.25) is 9.78 Å². The Labute approximate surface area is 243 Å². The summed E-state index contributed by atoms with van der Waals surface area (Å²) in [6, 6.07) is 11.7. The molecule has 214 valence electrons. The Kier molecular flexibility index (Phi) is 7.38. The third kappa shape index (κ3) is 5.20. The second-order valence-corrected chi connectivity index (χ2v) is 10.5. The van der Waals surface area contributed by atoms with Gasteiger partial charge in [-0.15, -0.1) is 5.10 Å². The number of benzene rings is 1. The molecule has 0 aliphatic carbocycles. The Morgan fingerprint density at radius 3 is 2.71 bits per heavy atom. The molecule has 42 heavy (non-hydrogen) atoms. The van der Waals surface area contributed by atoms with Crippen LogP contribution in [-0.2, 0) is 4.79 Å². The molecule has 5 aromatic rings. The molecule has 0 saturated carbocycles. The smallest absolute Gasteiger partial charge is 0.340 e. The predicted octanol–water partition coefficient (Wildman–Crippen LogP) is 6.08. The lowest BCUT2D eigenvalue weighted by atomic mass is 9.88. The monoisotopic (exact) mass is 591 g/mol. The number of hydrogen-bond acceptors (Lipinski definition) is 7. The maximum Gasteiger partial charge on any atom is 0.340 e. The van der Waals surface area contributed by atoms with Crippen LogP contribution in [0.15, 0.2) is 76.5 Å². The topological polar surface area (TPSA) is 121 Å². The van der Waals surface area contributed by atoms with Gasteiger partial charge in [0.15, 0.2) is 0 Å². The van der Waals surface area contributed by atoms with Gasteiger partial charge in [0.2, 0.25) is 5.91 Å². The van der Waals surface area contributed by atoms with E-state index in [1.165, 1.54) is 23.3 Å². The highest BCUT2D eigenvalue weighted by molar-refractivity contribution is 6.31. The Bertz CT molecular complexity index is 1820. The van der Waals surface area contributed by atoms with Crippen LogP contribution < -0.4 is 10.9 Å². The number of hydrogen-bond donors (Lipinski definition) is 1. The zero-order valence-corrected chi connectivity index (χ0v) is 23.0. The lowest BCUT2D eigenvalue weighted by Crippen LogP contribution is -2.22. The highest BCUT2D eigenvalue weighted by atomic mass is 35.5. The van der Waals surface area contributed by atoms with E-state index in [-0.39, 0.29) is 23.0 Å². The molecule has 13 heteroatoms. The molecule has 0 spiro atoms. The van der Waals surface area contributed by atoms with E-state index >= 15 is 0 Å². The fourth-order valence-electron chi connectivity index (χ4n) is 5.23. The summed E-state index contributed by atoms with van der Waals surface area (Å²) in [5, 5.41) is 14.9. The quantitative estimate of drug-likeness (QED) is 0.269. The van der Waals surface area contributed by atoms with Gasteiger partial charge in [0.05, 0.1) is 35.7 Å². The first-order chi connectivity index (χ1) is 20.3. The van der Waals surface area contributed by atoms with Crippen LogP contribution in [0.1, 0.15) is 49.9 Å². The molecule has 1 aromatic carbocycles. The summed E-state index contributed by atoms with van der Waals surface area (Å²) in [6.45, 7) is -1.16. The summed E-state index contributed by atoms with van der Waals surface area (Å²) >= 11 is 6.27. The molecule has 0 unspecified atom stereocenters. The molecule has 1 aliphatic heterocycles. The van der Waals surface area contributed by atoms with Crippen LogP contribution in [0, 0.1) is 5.92 Å². The zero-order chi connectivity index (χ0) is 29.4. The minimum Gasteiger partial charge on any atom is -0.422 e. The molecule has 1 aliphatic rings. The van der Waals surface area contributed by atoms with Crippen molar-refractivity contribution in [3.8, 4) is 28.3 Å². The van der Waals surface area contributed by atoms with E-state index in [1.54, 1.807) is 55.6 Å². The van der Waals surface area contributed by atoms with Gasteiger partial charge in [-0.05, 0) is 55.3 Å². The van der Waals surface area contributed by atoms with Gasteiger partial charge >= 0.3 is 12.2 Å². The number of alkyl halides is 2. The number of anilines is 1. The van der Waals surface area contributed by atoms with Crippen molar-refractivity contribution in [1.82, 2.24) is 29.8 Å². The van der Waals surface area contributed by atoms with E-state index < -0.39 is 24.0 Å². The second kappa shape index (κ2) is 11.3. The minimum atomic E-state index is -2.93. The molecule has 2 atom stereocenters. The van der Waals surface area contributed by atoms with E-state index in [4.69, 9.17) is 16.0 Å². The van der Waals surface area contributed by atoms with Crippen molar-refractivity contribution >= 4 is 23.2 Å². The number of carbonyl (C=O) groups excluding carboxylic acids is 1. The molecule has 0 radical (unpaired) electrons. The lowest BCUT2D eigenvalue weighted by molar-refractivity contribution is -0.119. The predicted molar refractivity (Wildman–Crippen MR) is 151 cm³/mol. The van der Waals surface area contributed by atoms with Crippen molar-refractivity contribution in [2.45, 2.75) is 38.7 Å². The van der Waals surface area contributed by atoms with E-state index in [1.807, 2.05) is 0 Å². The molecule has 0 saturated heterocycles. The Morgan fingerprint density at radius 2 is 1.95 bits per heavy atom. The third-order valence-corrected chi connectivity index (χ3v) is 7.58. The molecule has 6 rings (SSSR count). The average molecular weight is 592 g/mol. The van der Waals surface area contributed by atoms with Crippen molar-refractivity contribution < 1.29 is 18.0 Å². The highest BCUT2D eigenvalue weighted by Gasteiger charge is 2.27. The normalized spacial score (nSPS) is 17.3. The summed E-state index contributed by atoms with van der Waals surface area (Å²) in [4.78, 5) is 30.9. The second-order valence-electron chi connectivity index (χ2n) is 10.0. The van der Waals surface area contributed by atoms with Gasteiger partial charge in [0, 0.05) is 45.4 Å². The number of fused-ring (bicyclic) bond motifs is 4.